The van der Waals surface area contributed by atoms with Gasteiger partial charge in [0.25, 0.3) is 0 Å². The van der Waals surface area contributed by atoms with E-state index in [9.17, 15) is 0 Å². The van der Waals surface area contributed by atoms with Gasteiger partial charge in [-0.25, -0.2) is 0 Å². The van der Waals surface area contributed by atoms with Gasteiger partial charge in [0, 0.05) is 6.61 Å². The Morgan fingerprint density at radius 2 is 1.62 bits per heavy atom. The number of rotatable bonds is 9. The van der Waals surface area contributed by atoms with Gasteiger partial charge >= 0.3 is 0 Å². The van der Waals surface area contributed by atoms with Crippen LogP contribution in [0.4, 0.5) is 0 Å². The fourth-order valence-electron chi connectivity index (χ4n) is 2.00. The molecule has 0 saturated heterocycles. The summed E-state index contributed by atoms with van der Waals surface area (Å²) >= 11 is 0. The van der Waals surface area contributed by atoms with Crippen molar-refractivity contribution >= 4 is 0 Å². The SMILES string of the molecule is CCCCOCCOCC(N)c1ccc(C(C)(C)C)cc1. The molecule has 0 saturated carbocycles. The van der Waals surface area contributed by atoms with E-state index in [4.69, 9.17) is 15.2 Å². The summed E-state index contributed by atoms with van der Waals surface area (Å²) in [6, 6.07) is 8.44. The maximum atomic E-state index is 6.15. The van der Waals surface area contributed by atoms with Crippen molar-refractivity contribution in [3.05, 3.63) is 35.4 Å². The fraction of sp³-hybridized carbons (Fsp3) is 0.667. The fourth-order valence-corrected chi connectivity index (χ4v) is 2.00. The van der Waals surface area contributed by atoms with Crippen molar-refractivity contribution in [2.75, 3.05) is 26.4 Å². The predicted molar refractivity (Wildman–Crippen MR) is 88.6 cm³/mol. The molecule has 1 aromatic carbocycles. The zero-order valence-electron chi connectivity index (χ0n) is 14.0. The van der Waals surface area contributed by atoms with Crippen LogP contribution in [0.3, 0.4) is 0 Å². The molecule has 2 N–H and O–H groups in total. The molecule has 0 aliphatic rings. The van der Waals surface area contributed by atoms with Crippen molar-refractivity contribution in [2.45, 2.75) is 52.0 Å². The summed E-state index contributed by atoms with van der Waals surface area (Å²) in [5.41, 5.74) is 8.77. The van der Waals surface area contributed by atoms with Crippen molar-refractivity contribution in [1.29, 1.82) is 0 Å². The van der Waals surface area contributed by atoms with Crippen LogP contribution >= 0.6 is 0 Å². The van der Waals surface area contributed by atoms with Gasteiger partial charge in [-0.3, -0.25) is 0 Å². The van der Waals surface area contributed by atoms with E-state index in [1.165, 1.54) is 5.56 Å². The largest absolute Gasteiger partial charge is 0.379 e. The Kier molecular flexibility index (Phi) is 7.94. The minimum atomic E-state index is -0.0744. The van der Waals surface area contributed by atoms with Crippen molar-refractivity contribution in [3.8, 4) is 0 Å². The van der Waals surface area contributed by atoms with Gasteiger partial charge in [0.05, 0.1) is 25.9 Å². The van der Waals surface area contributed by atoms with Crippen LogP contribution in [0.15, 0.2) is 24.3 Å². The maximum absolute atomic E-state index is 6.15. The van der Waals surface area contributed by atoms with Gasteiger partial charge in [-0.05, 0) is 23.0 Å². The second-order valence-corrected chi connectivity index (χ2v) is 6.52. The topological polar surface area (TPSA) is 44.5 Å². The highest BCUT2D eigenvalue weighted by Crippen LogP contribution is 2.23. The second-order valence-electron chi connectivity index (χ2n) is 6.52. The Bertz CT molecular complexity index is 381. The molecule has 3 heteroatoms. The zero-order valence-corrected chi connectivity index (χ0v) is 14.0. The first kappa shape index (κ1) is 18.1. The van der Waals surface area contributed by atoms with Crippen LogP contribution in [0.5, 0.6) is 0 Å². The molecule has 1 atom stereocenters. The lowest BCUT2D eigenvalue weighted by Crippen LogP contribution is -2.19. The van der Waals surface area contributed by atoms with E-state index in [1.807, 2.05) is 0 Å². The van der Waals surface area contributed by atoms with E-state index in [2.05, 4.69) is 52.0 Å². The molecule has 0 aliphatic heterocycles. The zero-order chi connectivity index (χ0) is 15.7. The molecule has 120 valence electrons. The molecule has 0 spiro atoms. The highest BCUT2D eigenvalue weighted by atomic mass is 16.5. The molecule has 1 rings (SSSR count). The van der Waals surface area contributed by atoms with Crippen LogP contribution in [0.25, 0.3) is 0 Å². The average molecular weight is 293 g/mol. The highest BCUT2D eigenvalue weighted by molar-refractivity contribution is 5.29. The van der Waals surface area contributed by atoms with Crippen molar-refractivity contribution in [2.24, 2.45) is 5.73 Å². The summed E-state index contributed by atoms with van der Waals surface area (Å²) in [6.45, 7) is 11.4. The smallest absolute Gasteiger partial charge is 0.0701 e. The van der Waals surface area contributed by atoms with E-state index in [-0.39, 0.29) is 11.5 Å². The third kappa shape index (κ3) is 7.07. The summed E-state index contributed by atoms with van der Waals surface area (Å²) in [7, 11) is 0. The van der Waals surface area contributed by atoms with E-state index in [1.54, 1.807) is 0 Å². The van der Waals surface area contributed by atoms with Gasteiger partial charge in [0.1, 0.15) is 0 Å². The van der Waals surface area contributed by atoms with Crippen LogP contribution in [0.2, 0.25) is 0 Å². The molecule has 0 aromatic heterocycles. The number of ether oxygens (including phenoxy) is 2. The van der Waals surface area contributed by atoms with Gasteiger partial charge in [-0.15, -0.1) is 0 Å². The molecule has 0 fully saturated rings. The number of benzene rings is 1. The third-order valence-electron chi connectivity index (χ3n) is 3.52. The molecular weight excluding hydrogens is 262 g/mol. The molecule has 1 aromatic rings. The van der Waals surface area contributed by atoms with Crippen LogP contribution in [0, 0.1) is 0 Å². The van der Waals surface area contributed by atoms with E-state index in [0.717, 1.165) is 25.0 Å². The normalized spacial score (nSPS) is 13.4. The minimum absolute atomic E-state index is 0.0744. The number of unbranched alkanes of at least 4 members (excludes halogenated alkanes) is 1. The van der Waals surface area contributed by atoms with E-state index in [0.29, 0.717) is 19.8 Å². The Morgan fingerprint density at radius 3 is 2.19 bits per heavy atom. The first-order valence-corrected chi connectivity index (χ1v) is 7.96. The van der Waals surface area contributed by atoms with E-state index < -0.39 is 0 Å². The lowest BCUT2D eigenvalue weighted by Gasteiger charge is -2.20. The molecular formula is C18H31NO2. The number of hydrogen-bond donors (Lipinski definition) is 1. The highest BCUT2D eigenvalue weighted by Gasteiger charge is 2.14. The first-order chi connectivity index (χ1) is 9.95. The molecule has 0 aliphatic carbocycles. The molecule has 0 amide bonds. The summed E-state index contributed by atoms with van der Waals surface area (Å²) < 4.78 is 11.0. The molecule has 0 heterocycles. The van der Waals surface area contributed by atoms with Crippen LogP contribution in [-0.4, -0.2) is 26.4 Å². The maximum Gasteiger partial charge on any atom is 0.0701 e. The average Bonchev–Trinajstić information content (AvgIpc) is 2.45. The van der Waals surface area contributed by atoms with Crippen molar-refractivity contribution in [1.82, 2.24) is 0 Å². The lowest BCUT2D eigenvalue weighted by atomic mass is 9.86. The van der Waals surface area contributed by atoms with E-state index >= 15 is 0 Å². The summed E-state index contributed by atoms with van der Waals surface area (Å²) in [5.74, 6) is 0. The van der Waals surface area contributed by atoms with Gasteiger partial charge < -0.3 is 15.2 Å². The number of hydrogen-bond acceptors (Lipinski definition) is 3. The van der Waals surface area contributed by atoms with Crippen LogP contribution < -0.4 is 5.73 Å². The quantitative estimate of drug-likeness (QED) is 0.704. The monoisotopic (exact) mass is 293 g/mol. The van der Waals surface area contributed by atoms with Crippen molar-refractivity contribution in [3.63, 3.8) is 0 Å². The Balaban J connectivity index is 2.27. The van der Waals surface area contributed by atoms with Crippen LogP contribution in [-0.2, 0) is 14.9 Å². The standard InChI is InChI=1S/C18H31NO2/c1-5-6-11-20-12-13-21-14-17(19)15-7-9-16(10-8-15)18(2,3)4/h7-10,17H,5-6,11-14,19H2,1-4H3. The third-order valence-corrected chi connectivity index (χ3v) is 3.52. The first-order valence-electron chi connectivity index (χ1n) is 7.96. The lowest BCUT2D eigenvalue weighted by molar-refractivity contribution is 0.0416. The Labute approximate surface area is 129 Å². The summed E-state index contributed by atoms with van der Waals surface area (Å²) in [6.07, 6.45) is 2.27. The predicted octanol–water partition coefficient (Wildman–Crippen LogP) is 3.82. The van der Waals surface area contributed by atoms with Gasteiger partial charge in [-0.1, -0.05) is 58.4 Å². The Hall–Kier alpha value is -0.900. The van der Waals surface area contributed by atoms with Gasteiger partial charge in [-0.2, -0.15) is 0 Å². The number of nitrogens with two attached hydrogens (primary N) is 1. The second kappa shape index (κ2) is 9.19. The minimum Gasteiger partial charge on any atom is -0.379 e. The summed E-state index contributed by atoms with van der Waals surface area (Å²) in [5, 5.41) is 0. The van der Waals surface area contributed by atoms with Gasteiger partial charge in [0.2, 0.25) is 0 Å². The molecule has 0 radical (unpaired) electrons. The summed E-state index contributed by atoms with van der Waals surface area (Å²) in [4.78, 5) is 0. The molecule has 3 nitrogen and oxygen atoms in total. The van der Waals surface area contributed by atoms with Gasteiger partial charge in [0.15, 0.2) is 0 Å². The Morgan fingerprint density at radius 1 is 1.00 bits per heavy atom. The molecule has 1 unspecified atom stereocenters. The van der Waals surface area contributed by atoms with Crippen LogP contribution in [0.1, 0.15) is 57.7 Å². The molecule has 0 bridgehead atoms. The molecule has 21 heavy (non-hydrogen) atoms. The van der Waals surface area contributed by atoms with Crippen molar-refractivity contribution < 1.29 is 9.47 Å².